The zero-order chi connectivity index (χ0) is 13.9. The van der Waals surface area contributed by atoms with Gasteiger partial charge in [-0.1, -0.05) is 12.1 Å². The van der Waals surface area contributed by atoms with E-state index in [1.807, 2.05) is 24.5 Å². The van der Waals surface area contributed by atoms with E-state index in [-0.39, 0.29) is 0 Å². The molecule has 2 unspecified atom stereocenters. The lowest BCUT2D eigenvalue weighted by atomic mass is 10.0. The Hall–Kier alpha value is -1.87. The summed E-state index contributed by atoms with van der Waals surface area (Å²) in [6.07, 6.45) is 6.26. The van der Waals surface area contributed by atoms with Crippen molar-refractivity contribution in [3.63, 3.8) is 0 Å². The molecule has 1 saturated heterocycles. The molecule has 2 atom stereocenters. The Morgan fingerprint density at radius 1 is 1.15 bits per heavy atom. The van der Waals surface area contributed by atoms with Crippen LogP contribution in [0.25, 0.3) is 0 Å². The third kappa shape index (κ3) is 2.54. The minimum absolute atomic E-state index is 0.413. The van der Waals surface area contributed by atoms with Crippen molar-refractivity contribution in [3.05, 3.63) is 59.9 Å². The van der Waals surface area contributed by atoms with E-state index in [0.717, 1.165) is 12.2 Å². The third-order valence-electron chi connectivity index (χ3n) is 4.30. The van der Waals surface area contributed by atoms with Crippen molar-refractivity contribution in [2.45, 2.75) is 31.8 Å². The molecule has 0 bridgehead atoms. The molecule has 2 N–H and O–H groups in total. The van der Waals surface area contributed by atoms with Gasteiger partial charge in [0.05, 0.1) is 0 Å². The van der Waals surface area contributed by atoms with Crippen LogP contribution >= 0.6 is 0 Å². The van der Waals surface area contributed by atoms with E-state index in [9.17, 15) is 0 Å². The maximum Gasteiger partial charge on any atom is 0.0355 e. The fourth-order valence-electron chi connectivity index (χ4n) is 3.16. The summed E-state index contributed by atoms with van der Waals surface area (Å²) >= 11 is 0. The molecule has 1 aliphatic rings. The molecule has 0 spiro atoms. The number of nitrogen functional groups attached to an aromatic ring is 1. The molecule has 0 radical (unpaired) electrons. The summed E-state index contributed by atoms with van der Waals surface area (Å²) in [5, 5.41) is 0. The molecule has 104 valence electrons. The predicted octanol–water partition coefficient (Wildman–Crippen LogP) is 3.56. The summed E-state index contributed by atoms with van der Waals surface area (Å²) in [6.45, 7) is 3.43. The first-order chi connectivity index (χ1) is 9.75. The lowest BCUT2D eigenvalue weighted by molar-refractivity contribution is 0.194. The van der Waals surface area contributed by atoms with Gasteiger partial charge in [-0.25, -0.2) is 0 Å². The number of hydrogen-bond donors (Lipinski definition) is 1. The highest BCUT2D eigenvalue weighted by molar-refractivity contribution is 5.40. The second-order valence-corrected chi connectivity index (χ2v) is 5.52. The van der Waals surface area contributed by atoms with E-state index in [0.29, 0.717) is 12.1 Å². The molecule has 2 heterocycles. The molecule has 3 nitrogen and oxygen atoms in total. The summed E-state index contributed by atoms with van der Waals surface area (Å²) < 4.78 is 0. The molecule has 1 aromatic carbocycles. The van der Waals surface area contributed by atoms with E-state index in [4.69, 9.17) is 5.73 Å². The van der Waals surface area contributed by atoms with Crippen LogP contribution in [0.2, 0.25) is 0 Å². The molecule has 2 aromatic rings. The first-order valence-electron chi connectivity index (χ1n) is 7.27. The van der Waals surface area contributed by atoms with Gasteiger partial charge in [0, 0.05) is 30.2 Å². The molecular formula is C17H21N3. The Kier molecular flexibility index (Phi) is 3.70. The van der Waals surface area contributed by atoms with Gasteiger partial charge in [0.15, 0.2) is 0 Å². The number of pyridine rings is 1. The quantitative estimate of drug-likeness (QED) is 0.865. The largest absolute Gasteiger partial charge is 0.399 e. The van der Waals surface area contributed by atoms with Crippen LogP contribution in [0.1, 0.15) is 43.0 Å². The van der Waals surface area contributed by atoms with E-state index in [1.165, 1.54) is 24.0 Å². The smallest absolute Gasteiger partial charge is 0.0355 e. The molecule has 1 aromatic heterocycles. The molecule has 1 aliphatic heterocycles. The summed E-state index contributed by atoms with van der Waals surface area (Å²) in [5.74, 6) is 0. The normalized spacial score (nSPS) is 20.9. The van der Waals surface area contributed by atoms with Gasteiger partial charge in [-0.05, 0) is 61.7 Å². The Bertz CT molecular complexity index is 550. The Labute approximate surface area is 120 Å². The van der Waals surface area contributed by atoms with Crippen LogP contribution in [0.4, 0.5) is 5.69 Å². The predicted molar refractivity (Wildman–Crippen MR) is 82.2 cm³/mol. The molecule has 20 heavy (non-hydrogen) atoms. The van der Waals surface area contributed by atoms with Crippen molar-refractivity contribution < 1.29 is 0 Å². The van der Waals surface area contributed by atoms with Crippen LogP contribution in [0, 0.1) is 0 Å². The van der Waals surface area contributed by atoms with Gasteiger partial charge in [-0.2, -0.15) is 0 Å². The van der Waals surface area contributed by atoms with Gasteiger partial charge in [0.1, 0.15) is 0 Å². The maximum absolute atomic E-state index is 5.78. The third-order valence-corrected chi connectivity index (χ3v) is 4.30. The van der Waals surface area contributed by atoms with Gasteiger partial charge in [0.2, 0.25) is 0 Å². The highest BCUT2D eigenvalue weighted by Crippen LogP contribution is 2.38. The molecule has 0 saturated carbocycles. The zero-order valence-electron chi connectivity index (χ0n) is 11.9. The summed E-state index contributed by atoms with van der Waals surface area (Å²) in [6, 6.07) is 13.5. The second-order valence-electron chi connectivity index (χ2n) is 5.52. The fraction of sp³-hybridized carbons (Fsp3) is 0.353. The lowest BCUT2D eigenvalue weighted by Crippen LogP contribution is -2.26. The van der Waals surface area contributed by atoms with Gasteiger partial charge >= 0.3 is 0 Å². The number of benzene rings is 1. The Morgan fingerprint density at radius 2 is 1.85 bits per heavy atom. The molecule has 3 rings (SSSR count). The maximum atomic E-state index is 5.78. The first-order valence-corrected chi connectivity index (χ1v) is 7.27. The standard InChI is InChI=1S/C17H21N3/c1-13(14-4-6-16(18)7-5-14)20-12-2-3-17(20)15-8-10-19-11-9-15/h4-11,13,17H,2-3,12,18H2,1H3. The monoisotopic (exact) mass is 267 g/mol. The average Bonchev–Trinajstić information content (AvgIpc) is 2.97. The highest BCUT2D eigenvalue weighted by Gasteiger charge is 2.30. The summed E-state index contributed by atoms with van der Waals surface area (Å²) in [5.41, 5.74) is 9.31. The minimum Gasteiger partial charge on any atom is -0.399 e. The number of likely N-dealkylation sites (tertiary alicyclic amines) is 1. The van der Waals surface area contributed by atoms with Gasteiger partial charge in [-0.3, -0.25) is 9.88 Å². The molecule has 0 amide bonds. The van der Waals surface area contributed by atoms with Crippen molar-refractivity contribution in [2.24, 2.45) is 0 Å². The highest BCUT2D eigenvalue weighted by atomic mass is 15.2. The van der Waals surface area contributed by atoms with Crippen LogP contribution in [-0.2, 0) is 0 Å². The molecule has 1 fully saturated rings. The topological polar surface area (TPSA) is 42.1 Å². The lowest BCUT2D eigenvalue weighted by Gasteiger charge is -2.31. The van der Waals surface area contributed by atoms with Crippen molar-refractivity contribution >= 4 is 5.69 Å². The van der Waals surface area contributed by atoms with Crippen molar-refractivity contribution in [3.8, 4) is 0 Å². The number of hydrogen-bond acceptors (Lipinski definition) is 3. The van der Waals surface area contributed by atoms with E-state index in [2.05, 4.69) is 41.1 Å². The van der Waals surface area contributed by atoms with Gasteiger partial charge in [-0.15, -0.1) is 0 Å². The van der Waals surface area contributed by atoms with Crippen LogP contribution < -0.4 is 5.73 Å². The number of anilines is 1. The molecular weight excluding hydrogens is 246 g/mol. The number of rotatable bonds is 3. The summed E-state index contributed by atoms with van der Waals surface area (Å²) in [4.78, 5) is 6.71. The fourth-order valence-corrected chi connectivity index (χ4v) is 3.16. The van der Waals surface area contributed by atoms with Gasteiger partial charge in [0.25, 0.3) is 0 Å². The van der Waals surface area contributed by atoms with Crippen molar-refractivity contribution in [1.82, 2.24) is 9.88 Å². The van der Waals surface area contributed by atoms with E-state index < -0.39 is 0 Å². The Morgan fingerprint density at radius 3 is 2.55 bits per heavy atom. The Balaban J connectivity index is 1.83. The van der Waals surface area contributed by atoms with Crippen molar-refractivity contribution in [1.29, 1.82) is 0 Å². The van der Waals surface area contributed by atoms with E-state index in [1.54, 1.807) is 0 Å². The van der Waals surface area contributed by atoms with Crippen LogP contribution in [-0.4, -0.2) is 16.4 Å². The van der Waals surface area contributed by atoms with Crippen LogP contribution in [0.3, 0.4) is 0 Å². The summed E-state index contributed by atoms with van der Waals surface area (Å²) in [7, 11) is 0. The number of nitrogens with zero attached hydrogens (tertiary/aromatic N) is 2. The minimum atomic E-state index is 0.413. The van der Waals surface area contributed by atoms with Crippen LogP contribution in [0.5, 0.6) is 0 Å². The van der Waals surface area contributed by atoms with Gasteiger partial charge < -0.3 is 5.73 Å². The SMILES string of the molecule is CC(c1ccc(N)cc1)N1CCCC1c1ccncc1. The van der Waals surface area contributed by atoms with Crippen molar-refractivity contribution in [2.75, 3.05) is 12.3 Å². The molecule has 3 heteroatoms. The molecule has 0 aliphatic carbocycles. The number of nitrogens with two attached hydrogens (primary N) is 1. The van der Waals surface area contributed by atoms with Crippen LogP contribution in [0.15, 0.2) is 48.8 Å². The first kappa shape index (κ1) is 13.1. The number of aromatic nitrogens is 1. The average molecular weight is 267 g/mol. The van der Waals surface area contributed by atoms with E-state index >= 15 is 0 Å². The second kappa shape index (κ2) is 5.63. The zero-order valence-corrected chi connectivity index (χ0v) is 11.9.